The third-order valence-electron chi connectivity index (χ3n) is 5.11. The molecule has 0 aliphatic heterocycles. The van der Waals surface area contributed by atoms with Crippen LogP contribution in [0.4, 0.5) is 4.79 Å². The van der Waals surface area contributed by atoms with Crippen molar-refractivity contribution in [3.8, 4) is 0 Å². The first-order valence-corrected chi connectivity index (χ1v) is 13.8. The van der Waals surface area contributed by atoms with E-state index in [2.05, 4.69) is 17.6 Å². The molecule has 1 aromatic carbocycles. The van der Waals surface area contributed by atoms with E-state index in [4.69, 9.17) is 4.74 Å². The molecule has 0 spiro atoms. The summed E-state index contributed by atoms with van der Waals surface area (Å²) in [7, 11) is 0. The van der Waals surface area contributed by atoms with Crippen LogP contribution in [-0.4, -0.2) is 58.5 Å². The summed E-state index contributed by atoms with van der Waals surface area (Å²) in [6.45, 7) is 15.5. The lowest BCUT2D eigenvalue weighted by Gasteiger charge is -2.36. The quantitative estimate of drug-likeness (QED) is 0.436. The number of amides is 3. The summed E-state index contributed by atoms with van der Waals surface area (Å²) in [5.74, 6) is 0.140. The predicted octanol–water partition coefficient (Wildman–Crippen LogP) is 5.09. The van der Waals surface area contributed by atoms with Gasteiger partial charge in [-0.1, -0.05) is 38.1 Å². The number of hydrogen-bond acceptors (Lipinski definition) is 5. The van der Waals surface area contributed by atoms with Crippen LogP contribution in [0.2, 0.25) is 0 Å². The molecule has 35 heavy (non-hydrogen) atoms. The van der Waals surface area contributed by atoms with E-state index < -0.39 is 29.3 Å². The van der Waals surface area contributed by atoms with Crippen LogP contribution in [0.15, 0.2) is 24.3 Å². The topological polar surface area (TPSA) is 87.7 Å². The number of aryl methyl sites for hydroxylation is 1. The van der Waals surface area contributed by atoms with Gasteiger partial charge in [0.2, 0.25) is 11.8 Å². The van der Waals surface area contributed by atoms with Gasteiger partial charge < -0.3 is 20.3 Å². The summed E-state index contributed by atoms with van der Waals surface area (Å²) in [6, 6.07) is 6.20. The molecule has 2 N–H and O–H groups in total. The molecular weight excluding hydrogens is 462 g/mol. The minimum absolute atomic E-state index is 0.246. The van der Waals surface area contributed by atoms with E-state index in [9.17, 15) is 14.4 Å². The summed E-state index contributed by atoms with van der Waals surface area (Å²) < 4.78 is 5.42. The van der Waals surface area contributed by atoms with Gasteiger partial charge in [-0.25, -0.2) is 4.79 Å². The molecule has 2 atom stereocenters. The number of ether oxygens (including phenoxy) is 1. The monoisotopic (exact) mass is 507 g/mol. The first-order valence-electron chi connectivity index (χ1n) is 12.4. The second kappa shape index (κ2) is 13.8. The summed E-state index contributed by atoms with van der Waals surface area (Å²) in [5, 5.41) is 5.81. The summed E-state index contributed by atoms with van der Waals surface area (Å²) >= 11 is 1.59. The molecule has 3 amide bonds. The fourth-order valence-corrected chi connectivity index (χ4v) is 4.07. The first kappa shape index (κ1) is 30.8. The zero-order valence-electron chi connectivity index (χ0n) is 23.0. The SMILES string of the molecule is CCCN(C(=O)C(CCSC)NC(=O)OC(C)(C)C)C(C(=O)NC(C)(C)C)c1ccc(CC)cc1. The fourth-order valence-electron chi connectivity index (χ4n) is 3.60. The Morgan fingerprint density at radius 1 is 1.03 bits per heavy atom. The van der Waals surface area contributed by atoms with Crippen LogP contribution in [-0.2, 0) is 20.7 Å². The molecule has 198 valence electrons. The number of carbonyl (C=O) groups excluding carboxylic acids is 3. The second-order valence-corrected chi connectivity index (χ2v) is 11.7. The highest BCUT2D eigenvalue weighted by molar-refractivity contribution is 7.98. The van der Waals surface area contributed by atoms with Gasteiger partial charge in [0.1, 0.15) is 17.7 Å². The van der Waals surface area contributed by atoms with E-state index in [1.807, 2.05) is 58.2 Å². The van der Waals surface area contributed by atoms with Gasteiger partial charge in [0, 0.05) is 12.1 Å². The molecule has 0 heterocycles. The molecule has 8 heteroatoms. The van der Waals surface area contributed by atoms with E-state index in [1.165, 1.54) is 0 Å². The Bertz CT molecular complexity index is 828. The Morgan fingerprint density at radius 3 is 2.09 bits per heavy atom. The van der Waals surface area contributed by atoms with Crippen LogP contribution in [0.25, 0.3) is 0 Å². The Balaban J connectivity index is 3.43. The largest absolute Gasteiger partial charge is 0.444 e. The standard InChI is InChI=1S/C27H45N3O4S/c1-10-17-30(24(32)21(16-18-35-9)28-25(33)34-27(6,7)8)22(23(31)29-26(3,4)5)20-14-12-19(11-2)13-15-20/h12-15,21-22H,10-11,16-18H2,1-9H3,(H,28,33)(H,29,31). The molecule has 1 aromatic rings. The Morgan fingerprint density at radius 2 is 1.63 bits per heavy atom. The maximum atomic E-state index is 13.9. The molecule has 0 saturated carbocycles. The van der Waals surface area contributed by atoms with Crippen LogP contribution in [0.5, 0.6) is 0 Å². The molecule has 1 rings (SSSR count). The van der Waals surface area contributed by atoms with Gasteiger partial charge in [0.15, 0.2) is 0 Å². The van der Waals surface area contributed by atoms with Gasteiger partial charge in [0.25, 0.3) is 0 Å². The maximum absolute atomic E-state index is 13.9. The molecule has 0 aliphatic carbocycles. The third kappa shape index (κ3) is 10.9. The van der Waals surface area contributed by atoms with Crippen molar-refractivity contribution in [2.75, 3.05) is 18.6 Å². The molecule has 0 aromatic heterocycles. The zero-order valence-corrected chi connectivity index (χ0v) is 23.8. The number of rotatable bonds is 11. The number of thioether (sulfide) groups is 1. The Hall–Kier alpha value is -2.22. The molecule has 0 radical (unpaired) electrons. The van der Waals surface area contributed by atoms with E-state index in [0.29, 0.717) is 25.1 Å². The van der Waals surface area contributed by atoms with Crippen LogP contribution < -0.4 is 10.6 Å². The second-order valence-electron chi connectivity index (χ2n) is 10.7. The van der Waals surface area contributed by atoms with Crippen molar-refractivity contribution in [2.24, 2.45) is 0 Å². The van der Waals surface area contributed by atoms with Crippen LogP contribution in [0.3, 0.4) is 0 Å². The summed E-state index contributed by atoms with van der Waals surface area (Å²) in [4.78, 5) is 41.6. The lowest BCUT2D eigenvalue weighted by molar-refractivity contribution is -0.143. The van der Waals surface area contributed by atoms with E-state index in [0.717, 1.165) is 17.5 Å². The van der Waals surface area contributed by atoms with Crippen molar-refractivity contribution in [2.45, 2.75) is 97.9 Å². The van der Waals surface area contributed by atoms with Crippen molar-refractivity contribution < 1.29 is 19.1 Å². The molecule has 0 bridgehead atoms. The average Bonchev–Trinajstić information content (AvgIpc) is 2.73. The minimum Gasteiger partial charge on any atom is -0.444 e. The Labute approximate surface area is 216 Å². The number of carbonyl (C=O) groups is 3. The van der Waals surface area contributed by atoms with Gasteiger partial charge in [-0.2, -0.15) is 11.8 Å². The molecule has 7 nitrogen and oxygen atoms in total. The summed E-state index contributed by atoms with van der Waals surface area (Å²) in [5.41, 5.74) is 0.747. The molecule has 0 aliphatic rings. The minimum atomic E-state index is -0.815. The van der Waals surface area contributed by atoms with Gasteiger partial charge in [-0.05, 0) is 83.9 Å². The first-order chi connectivity index (χ1) is 16.2. The van der Waals surface area contributed by atoms with Gasteiger partial charge in [0.05, 0.1) is 0 Å². The van der Waals surface area contributed by atoms with Gasteiger partial charge in [-0.15, -0.1) is 0 Å². The number of benzene rings is 1. The van der Waals surface area contributed by atoms with E-state index in [1.54, 1.807) is 37.4 Å². The summed E-state index contributed by atoms with van der Waals surface area (Å²) in [6.07, 6.45) is 3.29. The van der Waals surface area contributed by atoms with Crippen LogP contribution in [0, 0.1) is 0 Å². The number of nitrogens with zero attached hydrogens (tertiary/aromatic N) is 1. The van der Waals surface area contributed by atoms with Crippen molar-refractivity contribution >= 4 is 29.7 Å². The van der Waals surface area contributed by atoms with E-state index in [-0.39, 0.29) is 11.8 Å². The smallest absolute Gasteiger partial charge is 0.408 e. The molecular formula is C27H45N3O4S. The average molecular weight is 508 g/mol. The maximum Gasteiger partial charge on any atom is 0.408 e. The van der Waals surface area contributed by atoms with E-state index >= 15 is 0 Å². The van der Waals surface area contributed by atoms with Crippen LogP contribution in [0.1, 0.15) is 85.4 Å². The van der Waals surface area contributed by atoms with Crippen molar-refractivity contribution in [3.63, 3.8) is 0 Å². The van der Waals surface area contributed by atoms with Crippen molar-refractivity contribution in [1.82, 2.24) is 15.5 Å². The van der Waals surface area contributed by atoms with Crippen molar-refractivity contribution in [1.29, 1.82) is 0 Å². The van der Waals surface area contributed by atoms with Gasteiger partial charge >= 0.3 is 6.09 Å². The number of nitrogens with one attached hydrogen (secondary N) is 2. The normalized spacial score (nSPS) is 13.5. The van der Waals surface area contributed by atoms with Crippen molar-refractivity contribution in [3.05, 3.63) is 35.4 Å². The lowest BCUT2D eigenvalue weighted by atomic mass is 9.98. The lowest BCUT2D eigenvalue weighted by Crippen LogP contribution is -2.55. The highest BCUT2D eigenvalue weighted by Crippen LogP contribution is 2.25. The number of hydrogen-bond donors (Lipinski definition) is 2. The molecule has 0 fully saturated rings. The fraction of sp³-hybridized carbons (Fsp3) is 0.667. The Kier molecular flexibility index (Phi) is 12.1. The molecule has 0 saturated heterocycles. The predicted molar refractivity (Wildman–Crippen MR) is 145 cm³/mol. The zero-order chi connectivity index (χ0) is 26.8. The highest BCUT2D eigenvalue weighted by Gasteiger charge is 2.36. The van der Waals surface area contributed by atoms with Crippen LogP contribution >= 0.6 is 11.8 Å². The molecule has 2 unspecified atom stereocenters. The highest BCUT2D eigenvalue weighted by atomic mass is 32.2. The third-order valence-corrected chi connectivity index (χ3v) is 5.75. The number of alkyl carbamates (subject to hydrolysis) is 1. The van der Waals surface area contributed by atoms with Gasteiger partial charge in [-0.3, -0.25) is 9.59 Å².